The van der Waals surface area contributed by atoms with Crippen molar-refractivity contribution in [3.05, 3.63) is 46.9 Å². The normalized spacial score (nSPS) is 16.8. The van der Waals surface area contributed by atoms with Gasteiger partial charge in [-0.15, -0.1) is 0 Å². The SMILES string of the molecule is Cc1c(Cl)ncnc1NCC1Cc2ccccc2O1. The largest absolute Gasteiger partial charge is 0.488 e. The lowest BCUT2D eigenvalue weighted by Gasteiger charge is -2.13. The Hall–Kier alpha value is -1.81. The summed E-state index contributed by atoms with van der Waals surface area (Å²) >= 11 is 5.96. The highest BCUT2D eigenvalue weighted by Crippen LogP contribution is 2.28. The molecule has 1 aromatic carbocycles. The smallest absolute Gasteiger partial charge is 0.137 e. The van der Waals surface area contributed by atoms with E-state index >= 15 is 0 Å². The molecule has 4 nitrogen and oxygen atoms in total. The zero-order valence-corrected chi connectivity index (χ0v) is 11.3. The van der Waals surface area contributed by atoms with Crippen molar-refractivity contribution in [1.82, 2.24) is 9.97 Å². The molecule has 0 saturated carbocycles. The first kappa shape index (κ1) is 12.2. The number of fused-ring (bicyclic) bond motifs is 1. The van der Waals surface area contributed by atoms with Crippen LogP contribution in [-0.2, 0) is 6.42 Å². The maximum absolute atomic E-state index is 5.96. The van der Waals surface area contributed by atoms with Crippen LogP contribution in [-0.4, -0.2) is 22.6 Å². The Morgan fingerprint density at radius 3 is 3.05 bits per heavy atom. The molecule has 1 aliphatic rings. The Bertz CT molecular complexity index is 578. The first-order valence-electron chi connectivity index (χ1n) is 6.19. The first-order valence-corrected chi connectivity index (χ1v) is 6.57. The molecule has 0 fully saturated rings. The van der Waals surface area contributed by atoms with Gasteiger partial charge in [-0.2, -0.15) is 0 Å². The molecule has 1 unspecified atom stereocenters. The van der Waals surface area contributed by atoms with Gasteiger partial charge in [0.05, 0.1) is 6.54 Å². The van der Waals surface area contributed by atoms with Crippen LogP contribution in [0.3, 0.4) is 0 Å². The summed E-state index contributed by atoms with van der Waals surface area (Å²) in [5.41, 5.74) is 2.12. The van der Waals surface area contributed by atoms with Gasteiger partial charge in [0.1, 0.15) is 29.2 Å². The van der Waals surface area contributed by atoms with Gasteiger partial charge in [-0.05, 0) is 18.6 Å². The number of rotatable bonds is 3. The van der Waals surface area contributed by atoms with Gasteiger partial charge in [-0.1, -0.05) is 29.8 Å². The van der Waals surface area contributed by atoms with Gasteiger partial charge < -0.3 is 10.1 Å². The van der Waals surface area contributed by atoms with Gasteiger partial charge in [0.2, 0.25) is 0 Å². The number of para-hydroxylation sites is 1. The summed E-state index contributed by atoms with van der Waals surface area (Å²) in [4.78, 5) is 8.12. The molecule has 3 rings (SSSR count). The third kappa shape index (κ3) is 2.49. The summed E-state index contributed by atoms with van der Waals surface area (Å²) in [6.07, 6.45) is 2.51. The third-order valence-electron chi connectivity index (χ3n) is 3.23. The summed E-state index contributed by atoms with van der Waals surface area (Å²) < 4.78 is 5.86. The Morgan fingerprint density at radius 2 is 2.21 bits per heavy atom. The number of nitrogens with zero attached hydrogens (tertiary/aromatic N) is 2. The predicted molar refractivity (Wildman–Crippen MR) is 74.8 cm³/mol. The molecule has 19 heavy (non-hydrogen) atoms. The van der Waals surface area contributed by atoms with Crippen molar-refractivity contribution in [1.29, 1.82) is 0 Å². The molecule has 1 aromatic heterocycles. The van der Waals surface area contributed by atoms with E-state index in [-0.39, 0.29) is 6.10 Å². The minimum atomic E-state index is 0.130. The lowest BCUT2D eigenvalue weighted by atomic mass is 10.1. The summed E-state index contributed by atoms with van der Waals surface area (Å²) in [7, 11) is 0. The van der Waals surface area contributed by atoms with E-state index in [0.717, 1.165) is 23.6 Å². The van der Waals surface area contributed by atoms with Crippen LogP contribution in [0.25, 0.3) is 0 Å². The van der Waals surface area contributed by atoms with E-state index in [9.17, 15) is 0 Å². The number of anilines is 1. The van der Waals surface area contributed by atoms with Crippen LogP contribution in [0.4, 0.5) is 5.82 Å². The number of halogens is 1. The Morgan fingerprint density at radius 1 is 1.37 bits per heavy atom. The van der Waals surface area contributed by atoms with Crippen LogP contribution in [0.1, 0.15) is 11.1 Å². The van der Waals surface area contributed by atoms with Crippen LogP contribution in [0.2, 0.25) is 5.15 Å². The van der Waals surface area contributed by atoms with Crippen molar-refractivity contribution in [2.24, 2.45) is 0 Å². The summed E-state index contributed by atoms with van der Waals surface area (Å²) in [6, 6.07) is 8.12. The van der Waals surface area contributed by atoms with E-state index < -0.39 is 0 Å². The molecule has 0 bridgehead atoms. The fraction of sp³-hybridized carbons (Fsp3) is 0.286. The molecular formula is C14H14ClN3O. The second-order valence-corrected chi connectivity index (χ2v) is 4.93. The molecule has 1 aliphatic heterocycles. The van der Waals surface area contributed by atoms with E-state index in [0.29, 0.717) is 11.7 Å². The number of ether oxygens (including phenoxy) is 1. The number of benzene rings is 1. The second-order valence-electron chi connectivity index (χ2n) is 4.57. The third-order valence-corrected chi connectivity index (χ3v) is 3.61. The van der Waals surface area contributed by atoms with Gasteiger partial charge in [0.25, 0.3) is 0 Å². The van der Waals surface area contributed by atoms with E-state index in [2.05, 4.69) is 21.4 Å². The fourth-order valence-corrected chi connectivity index (χ4v) is 2.32. The van der Waals surface area contributed by atoms with E-state index in [1.807, 2.05) is 25.1 Å². The van der Waals surface area contributed by atoms with E-state index in [1.54, 1.807) is 0 Å². The van der Waals surface area contributed by atoms with E-state index in [1.165, 1.54) is 11.9 Å². The summed E-state index contributed by atoms with van der Waals surface area (Å²) in [6.45, 7) is 2.60. The molecule has 0 aliphatic carbocycles. The lowest BCUT2D eigenvalue weighted by Crippen LogP contribution is -2.24. The second kappa shape index (κ2) is 5.05. The predicted octanol–water partition coefficient (Wildman–Crippen LogP) is 2.85. The molecule has 2 aromatic rings. The minimum absolute atomic E-state index is 0.130. The number of hydrogen-bond acceptors (Lipinski definition) is 4. The minimum Gasteiger partial charge on any atom is -0.488 e. The van der Waals surface area contributed by atoms with Crippen molar-refractivity contribution < 1.29 is 4.74 Å². The van der Waals surface area contributed by atoms with Crippen LogP contribution >= 0.6 is 11.6 Å². The molecule has 98 valence electrons. The number of nitrogens with one attached hydrogen (secondary N) is 1. The maximum atomic E-state index is 5.96. The van der Waals surface area contributed by atoms with Crippen molar-refractivity contribution in [3.8, 4) is 5.75 Å². The first-order chi connectivity index (χ1) is 9.24. The molecule has 0 spiro atoms. The van der Waals surface area contributed by atoms with Crippen molar-refractivity contribution in [2.45, 2.75) is 19.4 Å². The topological polar surface area (TPSA) is 47.0 Å². The molecule has 0 radical (unpaired) electrons. The molecule has 2 heterocycles. The molecule has 0 amide bonds. The molecular weight excluding hydrogens is 262 g/mol. The summed E-state index contributed by atoms with van der Waals surface area (Å²) in [5.74, 6) is 1.74. The van der Waals surface area contributed by atoms with Gasteiger partial charge in [0, 0.05) is 12.0 Å². The highest BCUT2D eigenvalue weighted by molar-refractivity contribution is 6.30. The zero-order chi connectivity index (χ0) is 13.2. The quantitative estimate of drug-likeness (QED) is 0.875. The van der Waals surface area contributed by atoms with Crippen LogP contribution in [0.5, 0.6) is 5.75 Å². The Kier molecular flexibility index (Phi) is 3.25. The average Bonchev–Trinajstić information content (AvgIpc) is 2.83. The van der Waals surface area contributed by atoms with Gasteiger partial charge >= 0.3 is 0 Å². The fourth-order valence-electron chi connectivity index (χ4n) is 2.19. The maximum Gasteiger partial charge on any atom is 0.137 e. The van der Waals surface area contributed by atoms with Crippen molar-refractivity contribution >= 4 is 17.4 Å². The molecule has 0 saturated heterocycles. The zero-order valence-electron chi connectivity index (χ0n) is 10.6. The van der Waals surface area contributed by atoms with Gasteiger partial charge in [-0.3, -0.25) is 0 Å². The highest BCUT2D eigenvalue weighted by Gasteiger charge is 2.22. The van der Waals surface area contributed by atoms with E-state index in [4.69, 9.17) is 16.3 Å². The monoisotopic (exact) mass is 275 g/mol. The van der Waals surface area contributed by atoms with Crippen molar-refractivity contribution in [3.63, 3.8) is 0 Å². The highest BCUT2D eigenvalue weighted by atomic mass is 35.5. The lowest BCUT2D eigenvalue weighted by molar-refractivity contribution is 0.246. The van der Waals surface area contributed by atoms with Crippen molar-refractivity contribution in [2.75, 3.05) is 11.9 Å². The Balaban J connectivity index is 1.64. The van der Waals surface area contributed by atoms with Gasteiger partial charge in [-0.25, -0.2) is 9.97 Å². The Labute approximate surface area is 116 Å². The van der Waals surface area contributed by atoms with Crippen LogP contribution in [0, 0.1) is 6.92 Å². The standard InChI is InChI=1S/C14H14ClN3O/c1-9-13(15)17-8-18-14(9)16-7-11-6-10-4-2-3-5-12(10)19-11/h2-5,8,11H,6-7H2,1H3,(H,16,17,18). The number of hydrogen-bond donors (Lipinski definition) is 1. The van der Waals surface area contributed by atoms with Crippen LogP contribution in [0.15, 0.2) is 30.6 Å². The molecule has 5 heteroatoms. The number of aromatic nitrogens is 2. The molecule has 1 N–H and O–H groups in total. The van der Waals surface area contributed by atoms with Crippen LogP contribution < -0.4 is 10.1 Å². The van der Waals surface area contributed by atoms with Gasteiger partial charge in [0.15, 0.2) is 0 Å². The average molecular weight is 276 g/mol. The molecule has 1 atom stereocenters. The summed E-state index contributed by atoms with van der Waals surface area (Å²) in [5, 5.41) is 3.75.